The van der Waals surface area contributed by atoms with Crippen molar-refractivity contribution in [3.8, 4) is 5.75 Å². The molecule has 0 radical (unpaired) electrons. The van der Waals surface area contributed by atoms with Gasteiger partial charge in [-0.05, 0) is 80.5 Å². The van der Waals surface area contributed by atoms with Crippen LogP contribution in [0.5, 0.6) is 5.75 Å². The molecule has 0 saturated heterocycles. The summed E-state index contributed by atoms with van der Waals surface area (Å²) in [4.78, 5) is 27.0. The Labute approximate surface area is 178 Å². The van der Waals surface area contributed by atoms with Gasteiger partial charge in [-0.1, -0.05) is 11.6 Å². The first kappa shape index (κ1) is 20.5. The minimum Gasteiger partial charge on any atom is -0.492 e. The molecule has 4 aliphatic carbocycles. The Morgan fingerprint density at radius 1 is 1.10 bits per heavy atom. The van der Waals surface area contributed by atoms with Gasteiger partial charge >= 0.3 is 0 Å². The summed E-state index contributed by atoms with van der Waals surface area (Å²) < 4.78 is 5.64. The smallest absolute Gasteiger partial charge is 0.226 e. The van der Waals surface area contributed by atoms with Gasteiger partial charge in [0.25, 0.3) is 0 Å². The van der Waals surface area contributed by atoms with E-state index in [9.17, 15) is 9.59 Å². The molecule has 4 aliphatic rings. The zero-order chi connectivity index (χ0) is 20.4. The summed E-state index contributed by atoms with van der Waals surface area (Å²) >= 11 is 5.86. The molecule has 0 aliphatic heterocycles. The second-order valence-electron chi connectivity index (χ2n) is 9.32. The van der Waals surface area contributed by atoms with Gasteiger partial charge < -0.3 is 15.0 Å². The van der Waals surface area contributed by atoms with E-state index in [4.69, 9.17) is 16.3 Å². The fourth-order valence-corrected chi connectivity index (χ4v) is 6.13. The van der Waals surface area contributed by atoms with E-state index in [2.05, 4.69) is 5.32 Å². The zero-order valence-corrected chi connectivity index (χ0v) is 17.9. The van der Waals surface area contributed by atoms with Crippen LogP contribution < -0.4 is 10.1 Å². The molecule has 4 fully saturated rings. The molecule has 4 saturated carbocycles. The highest BCUT2D eigenvalue weighted by Crippen LogP contribution is 2.60. The third-order valence-corrected chi connectivity index (χ3v) is 7.33. The molecule has 0 aromatic heterocycles. The Kier molecular flexibility index (Phi) is 6.05. The van der Waals surface area contributed by atoms with Gasteiger partial charge in [-0.15, -0.1) is 0 Å². The Hall–Kier alpha value is -1.75. The van der Waals surface area contributed by atoms with Crippen molar-refractivity contribution in [3.63, 3.8) is 0 Å². The molecule has 4 bridgehead atoms. The number of benzene rings is 1. The fraction of sp³-hybridized carbons (Fsp3) is 0.652. The van der Waals surface area contributed by atoms with Crippen molar-refractivity contribution in [1.82, 2.24) is 10.2 Å². The normalized spacial score (nSPS) is 29.5. The summed E-state index contributed by atoms with van der Waals surface area (Å²) in [5, 5.41) is 3.75. The lowest BCUT2D eigenvalue weighted by atomic mass is 9.49. The lowest BCUT2D eigenvalue weighted by molar-refractivity contribution is -0.146. The van der Waals surface area contributed by atoms with E-state index >= 15 is 0 Å². The van der Waals surface area contributed by atoms with E-state index in [1.807, 2.05) is 12.1 Å². The molecule has 1 N–H and O–H groups in total. The van der Waals surface area contributed by atoms with Gasteiger partial charge in [0.2, 0.25) is 11.8 Å². The van der Waals surface area contributed by atoms with E-state index in [0.29, 0.717) is 31.1 Å². The largest absolute Gasteiger partial charge is 0.492 e. The van der Waals surface area contributed by atoms with Crippen molar-refractivity contribution in [1.29, 1.82) is 0 Å². The van der Waals surface area contributed by atoms with E-state index in [-0.39, 0.29) is 17.2 Å². The number of halogens is 1. The quantitative estimate of drug-likeness (QED) is 0.696. The number of nitrogens with one attached hydrogen (secondary N) is 1. The van der Waals surface area contributed by atoms with Crippen LogP contribution in [0.4, 0.5) is 0 Å². The van der Waals surface area contributed by atoms with Crippen molar-refractivity contribution in [2.75, 3.05) is 26.7 Å². The van der Waals surface area contributed by atoms with Crippen LogP contribution in [0.15, 0.2) is 24.3 Å². The van der Waals surface area contributed by atoms with Crippen molar-refractivity contribution >= 4 is 23.4 Å². The molecule has 5 rings (SSSR count). The molecule has 29 heavy (non-hydrogen) atoms. The maximum atomic E-state index is 12.9. The number of likely N-dealkylation sites (N-methyl/N-ethyl adjacent to an activating group) is 1. The molecule has 1 aromatic carbocycles. The standard InChI is InChI=1S/C23H31ClN2O3/c1-26(8-9-29-20-4-2-19(24)3-5-20)21(27)6-7-25-22(28)23-13-16-10-17(14-23)12-18(11-16)15-23/h2-5,16-18H,6-15H2,1H3,(H,25,28). The van der Waals surface area contributed by atoms with Crippen molar-refractivity contribution < 1.29 is 14.3 Å². The molecule has 0 heterocycles. The topological polar surface area (TPSA) is 58.6 Å². The first-order chi connectivity index (χ1) is 13.9. The Balaban J connectivity index is 1.17. The molecule has 0 unspecified atom stereocenters. The van der Waals surface area contributed by atoms with Gasteiger partial charge in [0, 0.05) is 30.5 Å². The first-order valence-corrected chi connectivity index (χ1v) is 11.2. The Morgan fingerprint density at radius 3 is 2.28 bits per heavy atom. The number of carbonyl (C=O) groups is 2. The van der Waals surface area contributed by atoms with E-state index < -0.39 is 0 Å². The summed E-state index contributed by atoms with van der Waals surface area (Å²) in [6, 6.07) is 7.17. The summed E-state index contributed by atoms with van der Waals surface area (Å²) in [5.41, 5.74) is -0.143. The Bertz CT molecular complexity index is 714. The monoisotopic (exact) mass is 418 g/mol. The van der Waals surface area contributed by atoms with Crippen LogP contribution in [-0.4, -0.2) is 43.5 Å². The molecule has 5 nitrogen and oxygen atoms in total. The number of nitrogens with zero attached hydrogens (tertiary/aromatic N) is 1. The maximum absolute atomic E-state index is 12.9. The highest BCUT2D eigenvalue weighted by Gasteiger charge is 2.54. The fourth-order valence-electron chi connectivity index (χ4n) is 6.01. The van der Waals surface area contributed by atoms with E-state index in [1.54, 1.807) is 24.1 Å². The molecule has 6 heteroatoms. The third-order valence-electron chi connectivity index (χ3n) is 7.08. The zero-order valence-electron chi connectivity index (χ0n) is 17.2. The molecule has 0 atom stereocenters. The predicted molar refractivity (Wildman–Crippen MR) is 113 cm³/mol. The average molecular weight is 419 g/mol. The van der Waals surface area contributed by atoms with Crippen LogP contribution in [0.25, 0.3) is 0 Å². The second-order valence-corrected chi connectivity index (χ2v) is 9.76. The molecular formula is C23H31ClN2O3. The third kappa shape index (κ3) is 4.71. The van der Waals surface area contributed by atoms with Crippen LogP contribution in [0.3, 0.4) is 0 Å². The van der Waals surface area contributed by atoms with Gasteiger partial charge in [-0.3, -0.25) is 9.59 Å². The summed E-state index contributed by atoms with van der Waals surface area (Å²) in [6.07, 6.45) is 7.48. The van der Waals surface area contributed by atoms with Gasteiger partial charge in [-0.2, -0.15) is 0 Å². The lowest BCUT2D eigenvalue weighted by Crippen LogP contribution is -2.53. The van der Waals surface area contributed by atoms with E-state index in [1.165, 1.54) is 19.3 Å². The van der Waals surface area contributed by atoms with Crippen LogP contribution in [-0.2, 0) is 9.59 Å². The number of carbonyl (C=O) groups excluding carboxylic acids is 2. The minimum absolute atomic E-state index is 0.0236. The number of hydrogen-bond acceptors (Lipinski definition) is 3. The van der Waals surface area contributed by atoms with Gasteiger partial charge in [0.05, 0.1) is 6.54 Å². The van der Waals surface area contributed by atoms with Crippen LogP contribution in [0.1, 0.15) is 44.9 Å². The number of rotatable bonds is 8. The van der Waals surface area contributed by atoms with Crippen molar-refractivity contribution in [3.05, 3.63) is 29.3 Å². The Morgan fingerprint density at radius 2 is 1.69 bits per heavy atom. The van der Waals surface area contributed by atoms with E-state index in [0.717, 1.165) is 42.8 Å². The number of ether oxygens (including phenoxy) is 1. The van der Waals surface area contributed by atoms with Gasteiger partial charge in [0.15, 0.2) is 0 Å². The maximum Gasteiger partial charge on any atom is 0.226 e. The molecule has 0 spiro atoms. The average Bonchev–Trinajstić information content (AvgIpc) is 2.68. The number of hydrogen-bond donors (Lipinski definition) is 1. The lowest BCUT2D eigenvalue weighted by Gasteiger charge is -2.55. The van der Waals surface area contributed by atoms with Gasteiger partial charge in [0.1, 0.15) is 12.4 Å². The summed E-state index contributed by atoms with van der Waals surface area (Å²) in [7, 11) is 1.77. The van der Waals surface area contributed by atoms with Gasteiger partial charge in [-0.25, -0.2) is 0 Å². The predicted octanol–water partition coefficient (Wildman–Crippen LogP) is 3.90. The van der Waals surface area contributed by atoms with Crippen LogP contribution in [0, 0.1) is 23.2 Å². The summed E-state index contributed by atoms with van der Waals surface area (Å²) in [5.74, 6) is 3.20. The van der Waals surface area contributed by atoms with Crippen molar-refractivity contribution in [2.24, 2.45) is 23.2 Å². The number of amides is 2. The second kappa shape index (κ2) is 8.55. The summed E-state index contributed by atoms with van der Waals surface area (Å²) in [6.45, 7) is 1.34. The SMILES string of the molecule is CN(CCOc1ccc(Cl)cc1)C(=O)CCNC(=O)C12CC3CC(CC(C3)C1)C2. The highest BCUT2D eigenvalue weighted by molar-refractivity contribution is 6.30. The van der Waals surface area contributed by atoms with Crippen molar-refractivity contribution in [2.45, 2.75) is 44.9 Å². The highest BCUT2D eigenvalue weighted by atomic mass is 35.5. The first-order valence-electron chi connectivity index (χ1n) is 10.8. The molecular weight excluding hydrogens is 388 g/mol. The van der Waals surface area contributed by atoms with Crippen LogP contribution in [0.2, 0.25) is 5.02 Å². The minimum atomic E-state index is -0.143. The molecule has 158 valence electrons. The van der Waals surface area contributed by atoms with Crippen LogP contribution >= 0.6 is 11.6 Å². The molecule has 2 amide bonds. The molecule has 1 aromatic rings.